The molecule has 0 aliphatic heterocycles. The summed E-state index contributed by atoms with van der Waals surface area (Å²) in [4.78, 5) is 4.51. The summed E-state index contributed by atoms with van der Waals surface area (Å²) in [7, 11) is 0. The van der Waals surface area contributed by atoms with E-state index in [1.165, 1.54) is 6.42 Å². The van der Waals surface area contributed by atoms with Crippen LogP contribution in [-0.2, 0) is 0 Å². The lowest BCUT2D eigenvalue weighted by atomic mass is 10.3. The lowest BCUT2D eigenvalue weighted by molar-refractivity contribution is 0.328. The maximum absolute atomic E-state index is 5.61. The molecule has 2 unspecified atom stereocenters. The molecule has 0 bridgehead atoms. The van der Waals surface area contributed by atoms with Gasteiger partial charge in [-0.25, -0.2) is 4.99 Å². The highest BCUT2D eigenvalue weighted by Crippen LogP contribution is 2.28. The van der Waals surface area contributed by atoms with Crippen molar-refractivity contribution in [2.24, 2.45) is 10.9 Å². The maximum Gasteiger partial charge on any atom is 0.191 e. The molecule has 0 amide bonds. The SMILES string of the molecule is CCNC(=NCCOc1ccccc1)NC1CC1C.I. The summed E-state index contributed by atoms with van der Waals surface area (Å²) in [6.07, 6.45) is 1.24. The number of hydrogen-bond donors (Lipinski definition) is 2. The van der Waals surface area contributed by atoms with Gasteiger partial charge in [0.05, 0.1) is 6.54 Å². The Balaban J connectivity index is 0.00000200. The van der Waals surface area contributed by atoms with Crippen molar-refractivity contribution in [3.63, 3.8) is 0 Å². The largest absolute Gasteiger partial charge is 0.492 e. The van der Waals surface area contributed by atoms with E-state index in [0.717, 1.165) is 24.2 Å². The van der Waals surface area contributed by atoms with Gasteiger partial charge < -0.3 is 15.4 Å². The fourth-order valence-corrected chi connectivity index (χ4v) is 1.86. The van der Waals surface area contributed by atoms with Crippen LogP contribution in [0.3, 0.4) is 0 Å². The fraction of sp³-hybridized carbons (Fsp3) is 0.533. The number of nitrogens with one attached hydrogen (secondary N) is 2. The molecule has 0 heterocycles. The van der Waals surface area contributed by atoms with Gasteiger partial charge in [-0.2, -0.15) is 0 Å². The minimum Gasteiger partial charge on any atom is -0.492 e. The summed E-state index contributed by atoms with van der Waals surface area (Å²) in [5, 5.41) is 6.68. The van der Waals surface area contributed by atoms with Crippen LogP contribution in [0.1, 0.15) is 20.3 Å². The molecular formula is C15H24IN3O. The number of hydrogen-bond acceptors (Lipinski definition) is 2. The molecular weight excluding hydrogens is 365 g/mol. The molecule has 0 saturated heterocycles. The Labute approximate surface area is 138 Å². The lowest BCUT2D eigenvalue weighted by Crippen LogP contribution is -2.39. The van der Waals surface area contributed by atoms with Crippen LogP contribution in [0.2, 0.25) is 0 Å². The van der Waals surface area contributed by atoms with Crippen LogP contribution in [-0.4, -0.2) is 31.7 Å². The van der Waals surface area contributed by atoms with Crippen molar-refractivity contribution in [2.45, 2.75) is 26.3 Å². The van der Waals surface area contributed by atoms with Crippen molar-refractivity contribution < 1.29 is 4.74 Å². The Morgan fingerprint density at radius 2 is 2.05 bits per heavy atom. The van der Waals surface area contributed by atoms with Crippen molar-refractivity contribution in [3.8, 4) is 5.75 Å². The highest BCUT2D eigenvalue weighted by molar-refractivity contribution is 14.0. The van der Waals surface area contributed by atoms with Crippen LogP contribution in [0, 0.1) is 5.92 Å². The van der Waals surface area contributed by atoms with Crippen LogP contribution in [0.25, 0.3) is 0 Å². The number of benzene rings is 1. The van der Waals surface area contributed by atoms with Crippen LogP contribution in [0.15, 0.2) is 35.3 Å². The smallest absolute Gasteiger partial charge is 0.191 e. The van der Waals surface area contributed by atoms with Gasteiger partial charge >= 0.3 is 0 Å². The second kappa shape index (κ2) is 9.05. The summed E-state index contributed by atoms with van der Waals surface area (Å²) >= 11 is 0. The van der Waals surface area contributed by atoms with Gasteiger partial charge in [-0.1, -0.05) is 25.1 Å². The zero-order valence-electron chi connectivity index (χ0n) is 12.1. The highest BCUT2D eigenvalue weighted by atomic mass is 127. The Bertz CT molecular complexity index is 411. The maximum atomic E-state index is 5.61. The van der Waals surface area contributed by atoms with E-state index in [0.29, 0.717) is 19.2 Å². The van der Waals surface area contributed by atoms with Crippen molar-refractivity contribution in [3.05, 3.63) is 30.3 Å². The molecule has 1 aromatic rings. The summed E-state index contributed by atoms with van der Waals surface area (Å²) in [6.45, 7) is 6.46. The third kappa shape index (κ3) is 5.98. The van der Waals surface area contributed by atoms with Crippen LogP contribution < -0.4 is 15.4 Å². The molecule has 2 atom stereocenters. The quantitative estimate of drug-likeness (QED) is 0.340. The van der Waals surface area contributed by atoms with Gasteiger partial charge in [0.2, 0.25) is 0 Å². The second-order valence-electron chi connectivity index (χ2n) is 4.89. The predicted octanol–water partition coefficient (Wildman–Crippen LogP) is 2.65. The topological polar surface area (TPSA) is 45.7 Å². The zero-order valence-corrected chi connectivity index (χ0v) is 14.5. The Morgan fingerprint density at radius 1 is 1.35 bits per heavy atom. The standard InChI is InChI=1S/C15H23N3O.HI/c1-3-16-15(18-14-11-12(14)2)17-9-10-19-13-7-5-4-6-8-13;/h4-8,12,14H,3,9-11H2,1-2H3,(H2,16,17,18);1H. The number of rotatable bonds is 6. The predicted molar refractivity (Wildman–Crippen MR) is 94.0 cm³/mol. The molecule has 1 aliphatic carbocycles. The number of ether oxygens (including phenoxy) is 1. The van der Waals surface area contributed by atoms with Crippen molar-refractivity contribution in [1.82, 2.24) is 10.6 Å². The number of aliphatic imine (C=N–C) groups is 1. The van der Waals surface area contributed by atoms with E-state index >= 15 is 0 Å². The zero-order chi connectivity index (χ0) is 13.5. The fourth-order valence-electron chi connectivity index (χ4n) is 1.86. The molecule has 20 heavy (non-hydrogen) atoms. The second-order valence-corrected chi connectivity index (χ2v) is 4.89. The summed E-state index contributed by atoms with van der Waals surface area (Å²) < 4.78 is 5.61. The van der Waals surface area contributed by atoms with Gasteiger partial charge in [0.25, 0.3) is 0 Å². The molecule has 0 spiro atoms. The molecule has 2 N–H and O–H groups in total. The van der Waals surface area contributed by atoms with Crippen molar-refractivity contribution >= 4 is 29.9 Å². The van der Waals surface area contributed by atoms with E-state index in [2.05, 4.69) is 29.5 Å². The van der Waals surface area contributed by atoms with Crippen LogP contribution in [0.4, 0.5) is 0 Å². The number of nitrogens with zero attached hydrogens (tertiary/aromatic N) is 1. The van der Waals surface area contributed by atoms with Crippen LogP contribution in [0.5, 0.6) is 5.75 Å². The van der Waals surface area contributed by atoms with E-state index in [1.807, 2.05) is 30.3 Å². The molecule has 0 aromatic heterocycles. The van der Waals surface area contributed by atoms with Gasteiger partial charge in [-0.3, -0.25) is 0 Å². The lowest BCUT2D eigenvalue weighted by Gasteiger charge is -2.11. The van der Waals surface area contributed by atoms with Gasteiger partial charge in [0.15, 0.2) is 5.96 Å². The first kappa shape index (κ1) is 17.1. The average molecular weight is 389 g/mol. The first-order chi connectivity index (χ1) is 9.29. The highest BCUT2D eigenvalue weighted by Gasteiger charge is 2.33. The monoisotopic (exact) mass is 389 g/mol. The third-order valence-electron chi connectivity index (χ3n) is 3.15. The minimum absolute atomic E-state index is 0. The first-order valence-corrected chi connectivity index (χ1v) is 7.02. The van der Waals surface area contributed by atoms with E-state index in [1.54, 1.807) is 0 Å². The first-order valence-electron chi connectivity index (χ1n) is 7.02. The van der Waals surface area contributed by atoms with Crippen molar-refractivity contribution in [1.29, 1.82) is 0 Å². The summed E-state index contributed by atoms with van der Waals surface area (Å²) in [5.41, 5.74) is 0. The third-order valence-corrected chi connectivity index (χ3v) is 3.15. The molecule has 2 rings (SSSR count). The molecule has 1 aliphatic rings. The van der Waals surface area contributed by atoms with Crippen molar-refractivity contribution in [2.75, 3.05) is 19.7 Å². The van der Waals surface area contributed by atoms with E-state index in [9.17, 15) is 0 Å². The minimum atomic E-state index is 0. The number of para-hydroxylation sites is 1. The summed E-state index contributed by atoms with van der Waals surface area (Å²) in [5.74, 6) is 2.56. The summed E-state index contributed by atoms with van der Waals surface area (Å²) in [6, 6.07) is 10.4. The average Bonchev–Trinajstić information content (AvgIpc) is 3.11. The Hall–Kier alpha value is -0.980. The van der Waals surface area contributed by atoms with E-state index < -0.39 is 0 Å². The molecule has 112 valence electrons. The Morgan fingerprint density at radius 3 is 2.65 bits per heavy atom. The number of halogens is 1. The van der Waals surface area contributed by atoms with E-state index in [-0.39, 0.29) is 24.0 Å². The van der Waals surface area contributed by atoms with Gasteiger partial charge in [-0.05, 0) is 31.4 Å². The Kier molecular flexibility index (Phi) is 7.72. The molecule has 4 nitrogen and oxygen atoms in total. The molecule has 0 radical (unpaired) electrons. The molecule has 1 saturated carbocycles. The van der Waals surface area contributed by atoms with Gasteiger partial charge in [-0.15, -0.1) is 24.0 Å². The van der Waals surface area contributed by atoms with Crippen LogP contribution >= 0.6 is 24.0 Å². The molecule has 1 aromatic carbocycles. The normalized spacial score (nSPS) is 20.8. The molecule has 1 fully saturated rings. The van der Waals surface area contributed by atoms with Gasteiger partial charge in [0.1, 0.15) is 12.4 Å². The van der Waals surface area contributed by atoms with E-state index in [4.69, 9.17) is 4.74 Å². The van der Waals surface area contributed by atoms with Gasteiger partial charge in [0, 0.05) is 12.6 Å². The number of guanidine groups is 1. The molecule has 5 heteroatoms.